The highest BCUT2D eigenvalue weighted by Crippen LogP contribution is 2.10. The van der Waals surface area contributed by atoms with Gasteiger partial charge in [0, 0.05) is 37.7 Å². The number of pyridine rings is 1. The van der Waals surface area contributed by atoms with Crippen molar-refractivity contribution in [3.05, 3.63) is 66.0 Å². The van der Waals surface area contributed by atoms with Crippen LogP contribution in [0.4, 0.5) is 0 Å². The molecule has 0 fully saturated rings. The van der Waals surface area contributed by atoms with Crippen LogP contribution in [0.2, 0.25) is 0 Å². The van der Waals surface area contributed by atoms with Crippen LogP contribution in [0.5, 0.6) is 0 Å². The summed E-state index contributed by atoms with van der Waals surface area (Å²) < 4.78 is 0. The van der Waals surface area contributed by atoms with E-state index in [1.165, 1.54) is 0 Å². The molecule has 0 spiro atoms. The summed E-state index contributed by atoms with van der Waals surface area (Å²) in [5.41, 5.74) is 2.20. The first-order valence-electron chi connectivity index (χ1n) is 7.78. The number of thioether (sulfide) groups is 1. The van der Waals surface area contributed by atoms with Gasteiger partial charge in [-0.15, -0.1) is 11.8 Å². The highest BCUT2D eigenvalue weighted by atomic mass is 32.2. The predicted molar refractivity (Wildman–Crippen MR) is 96.3 cm³/mol. The van der Waals surface area contributed by atoms with Crippen LogP contribution in [0.25, 0.3) is 0 Å². The minimum Gasteiger partial charge on any atom is -0.355 e. The fourth-order valence-electron chi connectivity index (χ4n) is 1.99. The van der Waals surface area contributed by atoms with Gasteiger partial charge in [-0.25, -0.2) is 0 Å². The molecule has 0 bridgehead atoms. The van der Waals surface area contributed by atoms with Crippen molar-refractivity contribution in [1.82, 2.24) is 15.6 Å². The van der Waals surface area contributed by atoms with Crippen LogP contribution in [-0.2, 0) is 21.9 Å². The molecular weight excluding hydrogens is 322 g/mol. The summed E-state index contributed by atoms with van der Waals surface area (Å²) in [7, 11) is 0. The van der Waals surface area contributed by atoms with Gasteiger partial charge in [-0.3, -0.25) is 14.6 Å². The van der Waals surface area contributed by atoms with Crippen LogP contribution in [0, 0.1) is 0 Å². The highest BCUT2D eigenvalue weighted by molar-refractivity contribution is 7.99. The van der Waals surface area contributed by atoms with Gasteiger partial charge in [0.05, 0.1) is 5.75 Å². The average Bonchev–Trinajstić information content (AvgIpc) is 2.62. The Morgan fingerprint density at radius 1 is 0.917 bits per heavy atom. The zero-order chi connectivity index (χ0) is 17.0. The molecule has 2 N–H and O–H groups in total. The summed E-state index contributed by atoms with van der Waals surface area (Å²) in [5.74, 6) is 1.04. The molecule has 0 radical (unpaired) electrons. The fourth-order valence-corrected chi connectivity index (χ4v) is 2.81. The Balaban J connectivity index is 1.53. The number of rotatable bonds is 9. The van der Waals surface area contributed by atoms with Gasteiger partial charge in [0.15, 0.2) is 0 Å². The topological polar surface area (TPSA) is 71.1 Å². The summed E-state index contributed by atoms with van der Waals surface area (Å²) >= 11 is 1.54. The van der Waals surface area contributed by atoms with Crippen LogP contribution in [0.15, 0.2) is 54.9 Å². The largest absolute Gasteiger partial charge is 0.355 e. The van der Waals surface area contributed by atoms with Crippen LogP contribution in [0.3, 0.4) is 0 Å². The van der Waals surface area contributed by atoms with Crippen molar-refractivity contribution in [1.29, 1.82) is 0 Å². The monoisotopic (exact) mass is 343 g/mol. The van der Waals surface area contributed by atoms with Gasteiger partial charge in [0.2, 0.25) is 11.8 Å². The van der Waals surface area contributed by atoms with E-state index in [-0.39, 0.29) is 18.2 Å². The van der Waals surface area contributed by atoms with E-state index in [1.807, 2.05) is 42.5 Å². The fraction of sp³-hybridized carbons (Fsp3) is 0.278. The maximum absolute atomic E-state index is 11.7. The Bertz CT molecular complexity index is 635. The van der Waals surface area contributed by atoms with Gasteiger partial charge >= 0.3 is 0 Å². The molecule has 5 nitrogen and oxygen atoms in total. The summed E-state index contributed by atoms with van der Waals surface area (Å²) in [4.78, 5) is 27.4. The van der Waals surface area contributed by atoms with Gasteiger partial charge in [0.1, 0.15) is 0 Å². The Morgan fingerprint density at radius 2 is 1.67 bits per heavy atom. The Labute approximate surface area is 146 Å². The van der Waals surface area contributed by atoms with E-state index >= 15 is 0 Å². The van der Waals surface area contributed by atoms with E-state index in [0.717, 1.165) is 16.9 Å². The molecular formula is C18H21N3O2S. The number of benzene rings is 1. The molecule has 1 heterocycles. The lowest BCUT2D eigenvalue weighted by molar-refractivity contribution is -0.121. The minimum absolute atomic E-state index is 0.0510. The van der Waals surface area contributed by atoms with Crippen molar-refractivity contribution in [2.24, 2.45) is 0 Å². The lowest BCUT2D eigenvalue weighted by Crippen LogP contribution is -2.31. The number of hydrogen-bond donors (Lipinski definition) is 2. The quantitative estimate of drug-likeness (QED) is 0.732. The molecule has 0 atom stereocenters. The number of hydrogen-bond acceptors (Lipinski definition) is 4. The third-order valence-corrected chi connectivity index (χ3v) is 4.26. The molecule has 0 saturated carbocycles. The van der Waals surface area contributed by atoms with Crippen molar-refractivity contribution in [3.63, 3.8) is 0 Å². The van der Waals surface area contributed by atoms with Crippen LogP contribution >= 0.6 is 11.8 Å². The Morgan fingerprint density at radius 3 is 2.42 bits per heavy atom. The van der Waals surface area contributed by atoms with Crippen LogP contribution in [0.1, 0.15) is 17.5 Å². The third kappa shape index (κ3) is 7.28. The van der Waals surface area contributed by atoms with Crippen LogP contribution in [-0.4, -0.2) is 29.1 Å². The first kappa shape index (κ1) is 18.0. The van der Waals surface area contributed by atoms with Gasteiger partial charge < -0.3 is 10.6 Å². The number of carbonyl (C=O) groups is 2. The van der Waals surface area contributed by atoms with E-state index < -0.39 is 0 Å². The highest BCUT2D eigenvalue weighted by Gasteiger charge is 2.05. The first-order chi connectivity index (χ1) is 11.7. The second-order valence-corrected chi connectivity index (χ2v) is 6.20. The second kappa shape index (κ2) is 10.4. The molecule has 6 heteroatoms. The Hall–Kier alpha value is -2.34. The SMILES string of the molecule is O=C(CCNC(=O)CSCc1ccncc1)NCc1ccccc1. The van der Waals surface area contributed by atoms with Crippen molar-refractivity contribution in [3.8, 4) is 0 Å². The van der Waals surface area contributed by atoms with Crippen LogP contribution < -0.4 is 10.6 Å². The molecule has 2 rings (SSSR count). The number of amides is 2. The van der Waals surface area contributed by atoms with E-state index in [0.29, 0.717) is 18.8 Å². The van der Waals surface area contributed by atoms with Gasteiger partial charge in [-0.1, -0.05) is 30.3 Å². The Kier molecular flexibility index (Phi) is 7.83. The predicted octanol–water partition coefficient (Wildman–Crippen LogP) is 2.14. The molecule has 126 valence electrons. The van der Waals surface area contributed by atoms with Gasteiger partial charge in [0.25, 0.3) is 0 Å². The van der Waals surface area contributed by atoms with E-state index in [2.05, 4.69) is 15.6 Å². The number of nitrogens with zero attached hydrogens (tertiary/aromatic N) is 1. The summed E-state index contributed by atoms with van der Waals surface area (Å²) in [6.45, 7) is 0.866. The zero-order valence-electron chi connectivity index (χ0n) is 13.4. The van der Waals surface area contributed by atoms with Gasteiger partial charge in [-0.2, -0.15) is 0 Å². The number of aromatic nitrogens is 1. The molecule has 2 aromatic rings. The first-order valence-corrected chi connectivity index (χ1v) is 8.93. The van der Waals surface area contributed by atoms with Gasteiger partial charge in [-0.05, 0) is 23.3 Å². The molecule has 0 saturated heterocycles. The van der Waals surface area contributed by atoms with E-state index in [1.54, 1.807) is 24.2 Å². The smallest absolute Gasteiger partial charge is 0.230 e. The summed E-state index contributed by atoms with van der Waals surface area (Å²) in [6.07, 6.45) is 3.77. The second-order valence-electron chi connectivity index (χ2n) is 5.21. The maximum Gasteiger partial charge on any atom is 0.230 e. The number of carbonyl (C=O) groups excluding carboxylic acids is 2. The van der Waals surface area contributed by atoms with Crippen molar-refractivity contribution < 1.29 is 9.59 Å². The average molecular weight is 343 g/mol. The molecule has 2 amide bonds. The lowest BCUT2D eigenvalue weighted by atomic mass is 10.2. The molecule has 0 aliphatic rings. The van der Waals surface area contributed by atoms with Crippen molar-refractivity contribution >= 4 is 23.6 Å². The molecule has 0 unspecified atom stereocenters. The summed E-state index contributed by atoms with van der Waals surface area (Å²) in [5, 5.41) is 5.60. The van der Waals surface area contributed by atoms with E-state index in [4.69, 9.17) is 0 Å². The van der Waals surface area contributed by atoms with Crippen molar-refractivity contribution in [2.45, 2.75) is 18.7 Å². The molecule has 24 heavy (non-hydrogen) atoms. The maximum atomic E-state index is 11.7. The third-order valence-electron chi connectivity index (χ3n) is 3.26. The summed E-state index contributed by atoms with van der Waals surface area (Å²) in [6, 6.07) is 13.6. The lowest BCUT2D eigenvalue weighted by Gasteiger charge is -2.07. The number of nitrogens with one attached hydrogen (secondary N) is 2. The molecule has 1 aromatic carbocycles. The minimum atomic E-state index is -0.0661. The molecule has 1 aromatic heterocycles. The normalized spacial score (nSPS) is 10.2. The van der Waals surface area contributed by atoms with E-state index in [9.17, 15) is 9.59 Å². The molecule has 0 aliphatic heterocycles. The standard InChI is InChI=1S/C18H21N3O2S/c22-17(21-12-15-4-2-1-3-5-15)8-11-20-18(23)14-24-13-16-6-9-19-10-7-16/h1-7,9-10H,8,11-14H2,(H,20,23)(H,21,22). The zero-order valence-corrected chi connectivity index (χ0v) is 14.2. The molecule has 0 aliphatic carbocycles. The van der Waals surface area contributed by atoms with Crippen molar-refractivity contribution in [2.75, 3.05) is 12.3 Å².